The van der Waals surface area contributed by atoms with Gasteiger partial charge in [0.1, 0.15) is 6.26 Å². The Kier molecular flexibility index (Phi) is 6.16. The largest absolute Gasteiger partial charge is 0.472 e. The molecule has 1 atom stereocenters. The zero-order chi connectivity index (χ0) is 20.9. The van der Waals surface area contributed by atoms with Crippen molar-refractivity contribution in [1.29, 1.82) is 0 Å². The molecule has 1 aromatic heterocycles. The minimum absolute atomic E-state index is 0.127. The fraction of sp³-hybridized carbons (Fsp3) is 0.435. The van der Waals surface area contributed by atoms with Crippen molar-refractivity contribution in [2.24, 2.45) is 5.92 Å². The third-order valence-electron chi connectivity index (χ3n) is 5.97. The van der Waals surface area contributed by atoms with E-state index in [2.05, 4.69) is 10.6 Å². The van der Waals surface area contributed by atoms with Crippen molar-refractivity contribution >= 4 is 23.4 Å². The fourth-order valence-corrected chi connectivity index (χ4v) is 4.30. The highest BCUT2D eigenvalue weighted by Gasteiger charge is 2.30. The summed E-state index contributed by atoms with van der Waals surface area (Å²) in [6.45, 7) is 0.973. The van der Waals surface area contributed by atoms with Gasteiger partial charge in [-0.05, 0) is 43.9 Å². The molecule has 1 saturated carbocycles. The minimum atomic E-state index is -0.319. The molecule has 0 unspecified atom stereocenters. The molecule has 30 heavy (non-hydrogen) atoms. The van der Waals surface area contributed by atoms with Crippen LogP contribution in [0.25, 0.3) is 0 Å². The van der Waals surface area contributed by atoms with Gasteiger partial charge in [-0.1, -0.05) is 25.0 Å². The van der Waals surface area contributed by atoms with Crippen LogP contribution in [-0.4, -0.2) is 41.8 Å². The van der Waals surface area contributed by atoms with Crippen molar-refractivity contribution in [3.8, 4) is 0 Å². The molecule has 2 fully saturated rings. The summed E-state index contributed by atoms with van der Waals surface area (Å²) in [5.74, 6) is -0.767. The molecular weight excluding hydrogens is 382 g/mol. The standard InChI is InChI=1S/C23H27N3O4/c27-21(16-6-5-12-26(14-16)23(29)17-11-13-30-15-17)25-20-10-4-3-9-19(20)22(28)24-18-7-1-2-8-18/h3-4,9-11,13,15-16,18H,1-2,5-8,12,14H2,(H,24,28)(H,25,27)/t16-/m1/s1. The van der Waals surface area contributed by atoms with Crippen LogP contribution in [0.4, 0.5) is 5.69 Å². The Balaban J connectivity index is 1.41. The Bertz CT molecular complexity index is 903. The number of benzene rings is 1. The van der Waals surface area contributed by atoms with E-state index in [1.54, 1.807) is 35.2 Å². The SMILES string of the molecule is O=C(NC1CCCC1)c1ccccc1NC(=O)[C@@H]1CCCN(C(=O)c2ccoc2)C1. The molecular formula is C23H27N3O4. The molecule has 1 aliphatic heterocycles. The second-order valence-electron chi connectivity index (χ2n) is 8.09. The molecule has 158 valence electrons. The Morgan fingerprint density at radius 1 is 1.00 bits per heavy atom. The molecule has 7 nitrogen and oxygen atoms in total. The van der Waals surface area contributed by atoms with Crippen molar-refractivity contribution < 1.29 is 18.8 Å². The van der Waals surface area contributed by atoms with E-state index in [0.717, 1.165) is 32.1 Å². The maximum atomic E-state index is 12.9. The topological polar surface area (TPSA) is 91.7 Å². The molecule has 0 bridgehead atoms. The van der Waals surface area contributed by atoms with Crippen molar-refractivity contribution in [1.82, 2.24) is 10.2 Å². The van der Waals surface area contributed by atoms with Crippen LogP contribution in [-0.2, 0) is 4.79 Å². The molecule has 0 radical (unpaired) electrons. The normalized spacial score (nSPS) is 19.5. The van der Waals surface area contributed by atoms with Gasteiger partial charge in [0.15, 0.2) is 0 Å². The van der Waals surface area contributed by atoms with Crippen LogP contribution in [0.2, 0.25) is 0 Å². The quantitative estimate of drug-likeness (QED) is 0.791. The average Bonchev–Trinajstić information content (AvgIpc) is 3.48. The highest BCUT2D eigenvalue weighted by atomic mass is 16.3. The van der Waals surface area contributed by atoms with E-state index in [4.69, 9.17) is 4.42 Å². The van der Waals surface area contributed by atoms with E-state index >= 15 is 0 Å². The highest BCUT2D eigenvalue weighted by Crippen LogP contribution is 2.23. The number of piperidine rings is 1. The molecule has 1 aromatic carbocycles. The van der Waals surface area contributed by atoms with Gasteiger partial charge in [-0.15, -0.1) is 0 Å². The maximum Gasteiger partial charge on any atom is 0.257 e. The Hall–Kier alpha value is -3.09. The number of hydrogen-bond acceptors (Lipinski definition) is 4. The van der Waals surface area contributed by atoms with E-state index in [9.17, 15) is 14.4 Å². The fourth-order valence-electron chi connectivity index (χ4n) is 4.30. The Morgan fingerprint density at radius 3 is 2.57 bits per heavy atom. The third-order valence-corrected chi connectivity index (χ3v) is 5.97. The molecule has 2 heterocycles. The Labute approximate surface area is 175 Å². The summed E-state index contributed by atoms with van der Waals surface area (Å²) in [4.78, 5) is 39.9. The van der Waals surface area contributed by atoms with Gasteiger partial charge in [0, 0.05) is 19.1 Å². The van der Waals surface area contributed by atoms with Crippen molar-refractivity contribution in [3.05, 3.63) is 54.0 Å². The molecule has 3 amide bonds. The molecule has 7 heteroatoms. The number of amides is 3. The van der Waals surface area contributed by atoms with Crippen LogP contribution in [0.15, 0.2) is 47.3 Å². The summed E-state index contributed by atoms with van der Waals surface area (Å²) >= 11 is 0. The lowest BCUT2D eigenvalue weighted by Gasteiger charge is -2.32. The van der Waals surface area contributed by atoms with Crippen LogP contribution in [0.5, 0.6) is 0 Å². The third kappa shape index (κ3) is 4.56. The number of anilines is 1. The first-order chi connectivity index (χ1) is 14.6. The molecule has 1 saturated heterocycles. The number of nitrogens with one attached hydrogen (secondary N) is 2. The van der Waals surface area contributed by atoms with Gasteiger partial charge in [0.05, 0.1) is 29.0 Å². The zero-order valence-corrected chi connectivity index (χ0v) is 16.9. The number of furan rings is 1. The van der Waals surface area contributed by atoms with Crippen LogP contribution < -0.4 is 10.6 Å². The lowest BCUT2D eigenvalue weighted by molar-refractivity contribution is -0.121. The van der Waals surface area contributed by atoms with Gasteiger partial charge in [-0.25, -0.2) is 0 Å². The van der Waals surface area contributed by atoms with Gasteiger partial charge in [-0.2, -0.15) is 0 Å². The second-order valence-corrected chi connectivity index (χ2v) is 8.09. The summed E-state index contributed by atoms with van der Waals surface area (Å²) in [5.41, 5.74) is 1.47. The highest BCUT2D eigenvalue weighted by molar-refractivity contribution is 6.04. The first-order valence-electron chi connectivity index (χ1n) is 10.6. The summed E-state index contributed by atoms with van der Waals surface area (Å²) in [6.07, 6.45) is 8.63. The van der Waals surface area contributed by atoms with Crippen molar-refractivity contribution in [2.45, 2.75) is 44.6 Å². The van der Waals surface area contributed by atoms with Gasteiger partial charge in [-0.3, -0.25) is 14.4 Å². The lowest BCUT2D eigenvalue weighted by Crippen LogP contribution is -2.43. The monoisotopic (exact) mass is 409 g/mol. The first-order valence-corrected chi connectivity index (χ1v) is 10.6. The number of hydrogen-bond donors (Lipinski definition) is 2. The summed E-state index contributed by atoms with van der Waals surface area (Å²) in [7, 11) is 0. The maximum absolute atomic E-state index is 12.9. The van der Waals surface area contributed by atoms with Crippen LogP contribution in [0.3, 0.4) is 0 Å². The average molecular weight is 409 g/mol. The second kappa shape index (κ2) is 9.15. The van der Waals surface area contributed by atoms with Gasteiger partial charge < -0.3 is 20.0 Å². The predicted molar refractivity (Wildman–Crippen MR) is 112 cm³/mol. The van der Waals surface area contributed by atoms with Crippen LogP contribution >= 0.6 is 0 Å². The van der Waals surface area contributed by atoms with Crippen molar-refractivity contribution in [3.63, 3.8) is 0 Å². The Morgan fingerprint density at radius 2 is 1.80 bits per heavy atom. The number of likely N-dealkylation sites (tertiary alicyclic amines) is 1. The number of carbonyl (C=O) groups excluding carboxylic acids is 3. The van der Waals surface area contributed by atoms with E-state index in [-0.39, 0.29) is 29.7 Å². The van der Waals surface area contributed by atoms with Crippen molar-refractivity contribution in [2.75, 3.05) is 18.4 Å². The van der Waals surface area contributed by atoms with Gasteiger partial charge in [0.2, 0.25) is 5.91 Å². The molecule has 1 aliphatic carbocycles. The van der Waals surface area contributed by atoms with E-state index < -0.39 is 0 Å². The smallest absolute Gasteiger partial charge is 0.257 e. The van der Waals surface area contributed by atoms with Crippen LogP contribution in [0.1, 0.15) is 59.2 Å². The molecule has 2 aromatic rings. The van der Waals surface area contributed by atoms with E-state index in [0.29, 0.717) is 36.3 Å². The summed E-state index contributed by atoms with van der Waals surface area (Å²) < 4.78 is 5.00. The van der Waals surface area contributed by atoms with E-state index in [1.807, 2.05) is 0 Å². The predicted octanol–water partition coefficient (Wildman–Crippen LogP) is 3.44. The van der Waals surface area contributed by atoms with E-state index in [1.165, 1.54) is 12.5 Å². The zero-order valence-electron chi connectivity index (χ0n) is 16.9. The lowest BCUT2D eigenvalue weighted by atomic mass is 9.96. The molecule has 2 aliphatic rings. The number of rotatable bonds is 5. The van der Waals surface area contributed by atoms with Gasteiger partial charge >= 0.3 is 0 Å². The number of para-hydroxylation sites is 1. The number of nitrogens with zero attached hydrogens (tertiary/aromatic N) is 1. The molecule has 0 spiro atoms. The summed E-state index contributed by atoms with van der Waals surface area (Å²) in [5, 5.41) is 6.00. The molecule has 4 rings (SSSR count). The van der Waals surface area contributed by atoms with Gasteiger partial charge in [0.25, 0.3) is 11.8 Å². The number of carbonyl (C=O) groups is 3. The first kappa shape index (κ1) is 20.2. The molecule has 2 N–H and O–H groups in total. The summed E-state index contributed by atoms with van der Waals surface area (Å²) in [6, 6.07) is 8.92. The van der Waals surface area contributed by atoms with Crippen LogP contribution in [0, 0.1) is 5.92 Å². The minimum Gasteiger partial charge on any atom is -0.472 e.